The molecule has 0 saturated carbocycles. The molecule has 0 amide bonds. The van der Waals surface area contributed by atoms with Crippen molar-refractivity contribution in [3.8, 4) is 17.4 Å². The average Bonchev–Trinajstić information content (AvgIpc) is 2.14. The number of carbonyl (C=O) groups is 1. The van der Waals surface area contributed by atoms with Gasteiger partial charge in [0.25, 0.3) is 5.88 Å². The summed E-state index contributed by atoms with van der Waals surface area (Å²) >= 11 is 0. The first-order valence-electron chi connectivity index (χ1n) is 4.01. The van der Waals surface area contributed by atoms with Crippen LogP contribution in [0.4, 0.5) is 13.2 Å². The number of hydrogen-bond acceptors (Lipinski definition) is 5. The molecule has 9 heteroatoms. The van der Waals surface area contributed by atoms with Crippen molar-refractivity contribution in [3.63, 3.8) is 0 Å². The number of aromatic carboxylic acids is 1. The zero-order valence-electron chi connectivity index (χ0n) is 8.28. The van der Waals surface area contributed by atoms with Crippen molar-refractivity contribution in [2.45, 2.75) is 6.36 Å². The SMILES string of the molecule is COc1ncc(OC(F)(F)F)c(C(=O)O)c1O. The number of aromatic hydroxyl groups is 1. The van der Waals surface area contributed by atoms with Crippen molar-refractivity contribution in [3.05, 3.63) is 11.8 Å². The van der Waals surface area contributed by atoms with Gasteiger partial charge in [-0.25, -0.2) is 9.78 Å². The lowest BCUT2D eigenvalue weighted by molar-refractivity contribution is -0.274. The molecule has 94 valence electrons. The lowest BCUT2D eigenvalue weighted by Gasteiger charge is -2.12. The van der Waals surface area contributed by atoms with E-state index >= 15 is 0 Å². The summed E-state index contributed by atoms with van der Waals surface area (Å²) in [7, 11) is 1.07. The Hall–Kier alpha value is -2.19. The van der Waals surface area contributed by atoms with E-state index in [9.17, 15) is 23.1 Å². The summed E-state index contributed by atoms with van der Waals surface area (Å²) in [5.74, 6) is -4.48. The van der Waals surface area contributed by atoms with Crippen LogP contribution in [0.3, 0.4) is 0 Å². The molecule has 0 fully saturated rings. The molecule has 1 aromatic heterocycles. The van der Waals surface area contributed by atoms with E-state index in [4.69, 9.17) is 5.11 Å². The Bertz CT molecular complexity index is 446. The van der Waals surface area contributed by atoms with Gasteiger partial charge in [0, 0.05) is 0 Å². The summed E-state index contributed by atoms with van der Waals surface area (Å²) in [6, 6.07) is 0. The highest BCUT2D eigenvalue weighted by molar-refractivity contribution is 5.94. The van der Waals surface area contributed by atoms with Crippen LogP contribution in [0.5, 0.6) is 17.4 Å². The molecule has 1 rings (SSSR count). The number of carboxylic acid groups (broad SMARTS) is 1. The first-order valence-corrected chi connectivity index (χ1v) is 4.01. The van der Waals surface area contributed by atoms with Gasteiger partial charge in [-0.1, -0.05) is 0 Å². The Labute approximate surface area is 92.2 Å². The number of hydrogen-bond donors (Lipinski definition) is 2. The molecule has 0 aliphatic carbocycles. The van der Waals surface area contributed by atoms with Crippen LogP contribution in [-0.4, -0.2) is 34.6 Å². The Morgan fingerprint density at radius 2 is 2.06 bits per heavy atom. The number of carboxylic acids is 1. The van der Waals surface area contributed by atoms with Crippen molar-refractivity contribution in [2.24, 2.45) is 0 Å². The molecule has 0 bridgehead atoms. The van der Waals surface area contributed by atoms with Crippen LogP contribution in [0.1, 0.15) is 10.4 Å². The molecule has 0 radical (unpaired) electrons. The number of methoxy groups -OCH3 is 1. The average molecular weight is 253 g/mol. The van der Waals surface area contributed by atoms with Crippen molar-refractivity contribution < 1.29 is 37.7 Å². The lowest BCUT2D eigenvalue weighted by atomic mass is 10.2. The maximum atomic E-state index is 11.9. The molecule has 1 heterocycles. The molecule has 0 unspecified atom stereocenters. The van der Waals surface area contributed by atoms with E-state index in [0.717, 1.165) is 7.11 Å². The van der Waals surface area contributed by atoms with Gasteiger partial charge in [0.2, 0.25) is 0 Å². The van der Waals surface area contributed by atoms with Crippen molar-refractivity contribution in [1.82, 2.24) is 4.98 Å². The zero-order chi connectivity index (χ0) is 13.2. The van der Waals surface area contributed by atoms with Gasteiger partial charge < -0.3 is 19.7 Å². The summed E-state index contributed by atoms with van der Waals surface area (Å²) in [5, 5.41) is 18.0. The van der Waals surface area contributed by atoms with E-state index < -0.39 is 35.3 Å². The van der Waals surface area contributed by atoms with Gasteiger partial charge in [-0.15, -0.1) is 13.2 Å². The summed E-state index contributed by atoms with van der Waals surface area (Å²) in [5.41, 5.74) is -1.07. The third-order valence-corrected chi connectivity index (χ3v) is 1.62. The second-order valence-corrected chi connectivity index (χ2v) is 2.71. The number of nitrogens with zero attached hydrogens (tertiary/aromatic N) is 1. The van der Waals surface area contributed by atoms with Crippen LogP contribution in [0, 0.1) is 0 Å². The molecule has 0 spiro atoms. The van der Waals surface area contributed by atoms with Crippen LogP contribution >= 0.6 is 0 Å². The first-order chi connectivity index (χ1) is 7.76. The van der Waals surface area contributed by atoms with E-state index in [0.29, 0.717) is 6.20 Å². The molecule has 1 aromatic rings. The van der Waals surface area contributed by atoms with Crippen LogP contribution in [-0.2, 0) is 0 Å². The summed E-state index contributed by atoms with van der Waals surface area (Å²) in [4.78, 5) is 14.0. The second-order valence-electron chi connectivity index (χ2n) is 2.71. The second kappa shape index (κ2) is 4.36. The molecule has 6 nitrogen and oxygen atoms in total. The molecule has 2 N–H and O–H groups in total. The number of pyridine rings is 1. The molecule has 0 aromatic carbocycles. The Morgan fingerprint density at radius 3 is 2.47 bits per heavy atom. The minimum atomic E-state index is -5.09. The quantitative estimate of drug-likeness (QED) is 0.846. The van der Waals surface area contributed by atoms with Gasteiger partial charge in [0.1, 0.15) is 0 Å². The molecule has 17 heavy (non-hydrogen) atoms. The summed E-state index contributed by atoms with van der Waals surface area (Å²) in [6.07, 6.45) is -4.59. The van der Waals surface area contributed by atoms with Gasteiger partial charge in [-0.3, -0.25) is 0 Å². The molecule has 0 saturated heterocycles. The van der Waals surface area contributed by atoms with Gasteiger partial charge in [0.05, 0.1) is 13.3 Å². The molecule has 0 aliphatic heterocycles. The predicted octanol–water partition coefficient (Wildman–Crippen LogP) is 1.39. The topological polar surface area (TPSA) is 88.9 Å². The van der Waals surface area contributed by atoms with Crippen LogP contribution < -0.4 is 9.47 Å². The fourth-order valence-corrected chi connectivity index (χ4v) is 1.02. The first kappa shape index (κ1) is 12.9. The fraction of sp³-hybridized carbons (Fsp3) is 0.250. The minimum absolute atomic E-state index is 0.496. The van der Waals surface area contributed by atoms with Gasteiger partial charge in [-0.2, -0.15) is 0 Å². The third kappa shape index (κ3) is 2.89. The largest absolute Gasteiger partial charge is 0.573 e. The maximum Gasteiger partial charge on any atom is 0.573 e. The van der Waals surface area contributed by atoms with E-state index in [1.807, 2.05) is 0 Å². The minimum Gasteiger partial charge on any atom is -0.502 e. The highest BCUT2D eigenvalue weighted by Gasteiger charge is 2.35. The van der Waals surface area contributed by atoms with E-state index in [-0.39, 0.29) is 0 Å². The fourth-order valence-electron chi connectivity index (χ4n) is 1.02. The normalized spacial score (nSPS) is 11.1. The zero-order valence-corrected chi connectivity index (χ0v) is 8.28. The highest BCUT2D eigenvalue weighted by Crippen LogP contribution is 2.36. The van der Waals surface area contributed by atoms with Crippen LogP contribution in [0.15, 0.2) is 6.20 Å². The van der Waals surface area contributed by atoms with Crippen molar-refractivity contribution in [1.29, 1.82) is 0 Å². The number of ether oxygens (including phenoxy) is 2. The maximum absolute atomic E-state index is 11.9. The number of rotatable bonds is 3. The standard InChI is InChI=1S/C8H6F3NO5/c1-16-6-5(13)4(7(14)15)3(2-12-6)17-8(9,10)11/h2,13H,1H3,(H,14,15). The number of halogens is 3. The van der Waals surface area contributed by atoms with E-state index in [1.165, 1.54) is 0 Å². The Balaban J connectivity index is 3.32. The van der Waals surface area contributed by atoms with Gasteiger partial charge >= 0.3 is 12.3 Å². The van der Waals surface area contributed by atoms with Gasteiger partial charge in [0.15, 0.2) is 17.1 Å². The van der Waals surface area contributed by atoms with Crippen LogP contribution in [0.2, 0.25) is 0 Å². The van der Waals surface area contributed by atoms with Gasteiger partial charge in [-0.05, 0) is 0 Å². The van der Waals surface area contributed by atoms with Crippen molar-refractivity contribution in [2.75, 3.05) is 7.11 Å². The van der Waals surface area contributed by atoms with E-state index in [1.54, 1.807) is 0 Å². The monoisotopic (exact) mass is 253 g/mol. The molecule has 0 atom stereocenters. The highest BCUT2D eigenvalue weighted by atomic mass is 19.4. The Morgan fingerprint density at radius 1 is 1.47 bits per heavy atom. The predicted molar refractivity (Wildman–Crippen MR) is 46.1 cm³/mol. The van der Waals surface area contributed by atoms with Crippen LogP contribution in [0.25, 0.3) is 0 Å². The Kier molecular flexibility index (Phi) is 3.30. The molecular formula is C8H6F3NO5. The summed E-state index contributed by atoms with van der Waals surface area (Å²) < 4.78 is 43.7. The van der Waals surface area contributed by atoms with E-state index in [2.05, 4.69) is 14.5 Å². The summed E-state index contributed by atoms with van der Waals surface area (Å²) in [6.45, 7) is 0. The third-order valence-electron chi connectivity index (χ3n) is 1.62. The number of aromatic nitrogens is 1. The molecule has 0 aliphatic rings. The molecular weight excluding hydrogens is 247 g/mol. The smallest absolute Gasteiger partial charge is 0.502 e. The lowest BCUT2D eigenvalue weighted by Crippen LogP contribution is -2.19. The number of alkyl halides is 3. The van der Waals surface area contributed by atoms with Crippen molar-refractivity contribution >= 4 is 5.97 Å².